The van der Waals surface area contributed by atoms with Crippen LogP contribution in [0.3, 0.4) is 0 Å². The van der Waals surface area contributed by atoms with Crippen LogP contribution in [-0.4, -0.2) is 18.2 Å². The average Bonchev–Trinajstić information content (AvgIpc) is 2.49. The van der Waals surface area contributed by atoms with Gasteiger partial charge in [-0.15, -0.1) is 0 Å². The number of rotatable bonds is 6. The molecule has 2 heteroatoms. The molecule has 0 aliphatic rings. The zero-order valence-electron chi connectivity index (χ0n) is 10.9. The molecule has 0 fully saturated rings. The Kier molecular flexibility index (Phi) is 5.35. The third-order valence-electron chi connectivity index (χ3n) is 2.89. The molecule has 2 N–H and O–H groups in total. The minimum atomic E-state index is -0.452. The standard InChI is InChI=1S/C17H19NO/c19-17(16-11-5-2-6-12-16)14-18-13-7-10-15-8-3-1-4-9-15/h1-12,17-19H,13-14H2/b10-7-/t17-/m0/s1. The van der Waals surface area contributed by atoms with Gasteiger partial charge in [-0.05, 0) is 11.1 Å². The van der Waals surface area contributed by atoms with Gasteiger partial charge in [0.15, 0.2) is 0 Å². The van der Waals surface area contributed by atoms with E-state index in [9.17, 15) is 5.11 Å². The molecule has 0 aromatic heterocycles. The van der Waals surface area contributed by atoms with Crippen molar-refractivity contribution >= 4 is 6.08 Å². The van der Waals surface area contributed by atoms with Crippen LogP contribution in [0.15, 0.2) is 66.7 Å². The molecule has 0 radical (unpaired) electrons. The van der Waals surface area contributed by atoms with Gasteiger partial charge >= 0.3 is 0 Å². The first-order chi connectivity index (χ1) is 9.36. The van der Waals surface area contributed by atoms with Gasteiger partial charge in [-0.25, -0.2) is 0 Å². The Morgan fingerprint density at radius 1 is 0.947 bits per heavy atom. The third-order valence-corrected chi connectivity index (χ3v) is 2.89. The van der Waals surface area contributed by atoms with E-state index in [1.165, 1.54) is 5.56 Å². The highest BCUT2D eigenvalue weighted by molar-refractivity contribution is 5.48. The summed E-state index contributed by atoms with van der Waals surface area (Å²) in [4.78, 5) is 0. The largest absolute Gasteiger partial charge is 0.387 e. The second-order valence-electron chi connectivity index (χ2n) is 4.40. The first-order valence-corrected chi connectivity index (χ1v) is 6.51. The Balaban J connectivity index is 1.71. The Bertz CT molecular complexity index is 493. The molecule has 98 valence electrons. The fourth-order valence-electron chi connectivity index (χ4n) is 1.86. The van der Waals surface area contributed by atoms with E-state index in [1.54, 1.807) is 0 Å². The van der Waals surface area contributed by atoms with E-state index in [2.05, 4.69) is 29.6 Å². The second kappa shape index (κ2) is 7.52. The lowest BCUT2D eigenvalue weighted by molar-refractivity contribution is 0.176. The van der Waals surface area contributed by atoms with Gasteiger partial charge in [-0.1, -0.05) is 72.8 Å². The molecule has 0 heterocycles. The summed E-state index contributed by atoms with van der Waals surface area (Å²) in [6.45, 7) is 1.31. The predicted octanol–water partition coefficient (Wildman–Crippen LogP) is 3.02. The van der Waals surface area contributed by atoms with Gasteiger partial charge in [0, 0.05) is 13.1 Å². The zero-order chi connectivity index (χ0) is 13.3. The Morgan fingerprint density at radius 2 is 1.58 bits per heavy atom. The van der Waals surface area contributed by atoms with Gasteiger partial charge in [0.25, 0.3) is 0 Å². The molecule has 0 bridgehead atoms. The second-order valence-corrected chi connectivity index (χ2v) is 4.40. The van der Waals surface area contributed by atoms with Crippen molar-refractivity contribution in [3.05, 3.63) is 77.9 Å². The Morgan fingerprint density at radius 3 is 2.26 bits per heavy atom. The normalized spacial score (nSPS) is 12.7. The molecule has 2 nitrogen and oxygen atoms in total. The molecular weight excluding hydrogens is 234 g/mol. The number of nitrogens with one attached hydrogen (secondary N) is 1. The van der Waals surface area contributed by atoms with Crippen molar-refractivity contribution < 1.29 is 5.11 Å². The lowest BCUT2D eigenvalue weighted by atomic mass is 10.1. The van der Waals surface area contributed by atoms with Crippen molar-refractivity contribution in [3.8, 4) is 0 Å². The van der Waals surface area contributed by atoms with Gasteiger partial charge < -0.3 is 10.4 Å². The number of aliphatic hydroxyl groups is 1. The summed E-state index contributed by atoms with van der Waals surface area (Å²) in [6.07, 6.45) is 3.68. The molecular formula is C17H19NO. The summed E-state index contributed by atoms with van der Waals surface area (Å²) in [5, 5.41) is 13.2. The summed E-state index contributed by atoms with van der Waals surface area (Å²) in [5.74, 6) is 0. The van der Waals surface area contributed by atoms with E-state index in [0.29, 0.717) is 6.54 Å². The quantitative estimate of drug-likeness (QED) is 0.776. The summed E-state index contributed by atoms with van der Waals surface area (Å²) in [7, 11) is 0. The predicted molar refractivity (Wildman–Crippen MR) is 79.7 cm³/mol. The fourth-order valence-corrected chi connectivity index (χ4v) is 1.86. The molecule has 0 aliphatic carbocycles. The van der Waals surface area contributed by atoms with Crippen LogP contribution in [0.25, 0.3) is 6.08 Å². The smallest absolute Gasteiger partial charge is 0.0914 e. The van der Waals surface area contributed by atoms with Crippen LogP contribution in [0, 0.1) is 0 Å². The SMILES string of the molecule is O[C@@H](CNC/C=C\c1ccccc1)c1ccccc1. The minimum Gasteiger partial charge on any atom is -0.387 e. The van der Waals surface area contributed by atoms with Gasteiger partial charge in [0.1, 0.15) is 0 Å². The molecule has 2 aromatic carbocycles. The highest BCUT2D eigenvalue weighted by Gasteiger charge is 2.04. The molecule has 0 aliphatic heterocycles. The van der Waals surface area contributed by atoms with E-state index in [4.69, 9.17) is 0 Å². The lowest BCUT2D eigenvalue weighted by Crippen LogP contribution is -2.21. The van der Waals surface area contributed by atoms with Crippen molar-refractivity contribution in [1.29, 1.82) is 0 Å². The van der Waals surface area contributed by atoms with Crippen molar-refractivity contribution in [1.82, 2.24) is 5.32 Å². The van der Waals surface area contributed by atoms with Crippen molar-refractivity contribution in [2.75, 3.05) is 13.1 Å². The van der Waals surface area contributed by atoms with Crippen molar-refractivity contribution in [2.24, 2.45) is 0 Å². The number of benzene rings is 2. The maximum absolute atomic E-state index is 9.95. The van der Waals surface area contributed by atoms with Gasteiger partial charge in [-0.2, -0.15) is 0 Å². The number of hydrogen-bond acceptors (Lipinski definition) is 2. The molecule has 2 rings (SSSR count). The van der Waals surface area contributed by atoms with E-state index < -0.39 is 6.10 Å². The van der Waals surface area contributed by atoms with Crippen LogP contribution < -0.4 is 5.32 Å². The first-order valence-electron chi connectivity index (χ1n) is 6.51. The maximum atomic E-state index is 9.95. The van der Waals surface area contributed by atoms with E-state index in [-0.39, 0.29) is 0 Å². The highest BCUT2D eigenvalue weighted by Crippen LogP contribution is 2.10. The molecule has 2 aromatic rings. The topological polar surface area (TPSA) is 32.3 Å². The molecule has 1 atom stereocenters. The van der Waals surface area contributed by atoms with Crippen LogP contribution in [0.5, 0.6) is 0 Å². The molecule has 0 amide bonds. The van der Waals surface area contributed by atoms with Crippen LogP contribution in [0.4, 0.5) is 0 Å². The van der Waals surface area contributed by atoms with Crippen LogP contribution in [-0.2, 0) is 0 Å². The molecule has 19 heavy (non-hydrogen) atoms. The minimum absolute atomic E-state index is 0.452. The molecule has 0 saturated carbocycles. The van der Waals surface area contributed by atoms with Crippen molar-refractivity contribution in [3.63, 3.8) is 0 Å². The molecule has 0 unspecified atom stereocenters. The van der Waals surface area contributed by atoms with Gasteiger partial charge in [-0.3, -0.25) is 0 Å². The summed E-state index contributed by atoms with van der Waals surface area (Å²) in [5.41, 5.74) is 2.13. The van der Waals surface area contributed by atoms with Crippen LogP contribution >= 0.6 is 0 Å². The summed E-state index contributed by atoms with van der Waals surface area (Å²) in [6, 6.07) is 19.9. The van der Waals surface area contributed by atoms with E-state index in [0.717, 1.165) is 12.1 Å². The van der Waals surface area contributed by atoms with E-state index >= 15 is 0 Å². The number of aliphatic hydroxyl groups excluding tert-OH is 1. The summed E-state index contributed by atoms with van der Waals surface area (Å²) < 4.78 is 0. The Hall–Kier alpha value is -1.90. The van der Waals surface area contributed by atoms with E-state index in [1.807, 2.05) is 48.5 Å². The average molecular weight is 253 g/mol. The summed E-state index contributed by atoms with van der Waals surface area (Å²) >= 11 is 0. The van der Waals surface area contributed by atoms with Crippen LogP contribution in [0.1, 0.15) is 17.2 Å². The monoisotopic (exact) mass is 253 g/mol. The highest BCUT2D eigenvalue weighted by atomic mass is 16.3. The van der Waals surface area contributed by atoms with Gasteiger partial charge in [0.05, 0.1) is 6.10 Å². The molecule has 0 saturated heterocycles. The van der Waals surface area contributed by atoms with Gasteiger partial charge in [0.2, 0.25) is 0 Å². The Labute approximate surface area is 114 Å². The van der Waals surface area contributed by atoms with Crippen molar-refractivity contribution in [2.45, 2.75) is 6.10 Å². The number of hydrogen-bond donors (Lipinski definition) is 2. The first kappa shape index (κ1) is 13.5. The maximum Gasteiger partial charge on any atom is 0.0914 e. The lowest BCUT2D eigenvalue weighted by Gasteiger charge is -2.10. The fraction of sp³-hybridized carbons (Fsp3) is 0.176. The molecule has 0 spiro atoms. The zero-order valence-corrected chi connectivity index (χ0v) is 10.9. The van der Waals surface area contributed by atoms with Crippen LogP contribution in [0.2, 0.25) is 0 Å². The third kappa shape index (κ3) is 4.70.